The van der Waals surface area contributed by atoms with E-state index in [9.17, 15) is 0 Å². The SMILES string of the molecule is C[C@H]1CC=C2N=C(c3ccnc(Cl)n3)CN2C1. The fourth-order valence-electron chi connectivity index (χ4n) is 2.23. The topological polar surface area (TPSA) is 41.4 Å². The van der Waals surface area contributed by atoms with Crippen molar-refractivity contribution in [1.82, 2.24) is 14.9 Å². The summed E-state index contributed by atoms with van der Waals surface area (Å²) < 4.78 is 0. The van der Waals surface area contributed by atoms with E-state index in [4.69, 9.17) is 11.6 Å². The molecule has 0 amide bonds. The molecule has 1 aromatic heterocycles. The highest BCUT2D eigenvalue weighted by Crippen LogP contribution is 2.25. The lowest BCUT2D eigenvalue weighted by Crippen LogP contribution is -2.30. The Morgan fingerprint density at radius 2 is 2.35 bits per heavy atom. The largest absolute Gasteiger partial charge is 0.351 e. The average Bonchev–Trinajstić information content (AvgIpc) is 2.72. The molecule has 1 aromatic rings. The molecular weight excluding hydrogens is 236 g/mol. The average molecular weight is 249 g/mol. The number of hydrogen-bond donors (Lipinski definition) is 0. The summed E-state index contributed by atoms with van der Waals surface area (Å²) >= 11 is 5.79. The van der Waals surface area contributed by atoms with Crippen LogP contribution in [0.25, 0.3) is 0 Å². The second-order valence-corrected chi connectivity index (χ2v) is 4.89. The van der Waals surface area contributed by atoms with Crippen LogP contribution in [0.3, 0.4) is 0 Å². The zero-order valence-corrected chi connectivity index (χ0v) is 10.4. The maximum atomic E-state index is 5.79. The predicted octanol–water partition coefficient (Wildman–Crippen LogP) is 2.12. The summed E-state index contributed by atoms with van der Waals surface area (Å²) in [5, 5.41) is 0.275. The van der Waals surface area contributed by atoms with Crippen molar-refractivity contribution < 1.29 is 0 Å². The second kappa shape index (κ2) is 4.11. The Labute approximate surface area is 105 Å². The Morgan fingerprint density at radius 1 is 1.47 bits per heavy atom. The first-order valence-electron chi connectivity index (χ1n) is 5.74. The highest BCUT2D eigenvalue weighted by Gasteiger charge is 2.26. The van der Waals surface area contributed by atoms with Gasteiger partial charge in [-0.2, -0.15) is 0 Å². The molecule has 0 unspecified atom stereocenters. The van der Waals surface area contributed by atoms with Gasteiger partial charge in [-0.1, -0.05) is 6.92 Å². The normalized spacial score (nSPS) is 23.2. The molecule has 5 heteroatoms. The molecule has 0 bridgehead atoms. The summed E-state index contributed by atoms with van der Waals surface area (Å²) in [6.07, 6.45) is 4.97. The Morgan fingerprint density at radius 3 is 3.18 bits per heavy atom. The van der Waals surface area contributed by atoms with Gasteiger partial charge in [0.1, 0.15) is 5.82 Å². The third kappa shape index (κ3) is 2.05. The smallest absolute Gasteiger partial charge is 0.222 e. The van der Waals surface area contributed by atoms with Crippen molar-refractivity contribution in [3.63, 3.8) is 0 Å². The van der Waals surface area contributed by atoms with Crippen LogP contribution in [0.1, 0.15) is 19.0 Å². The minimum Gasteiger partial charge on any atom is -0.351 e. The molecular formula is C12H13ClN4. The second-order valence-electron chi connectivity index (χ2n) is 4.55. The van der Waals surface area contributed by atoms with Gasteiger partial charge in [0.15, 0.2) is 0 Å². The van der Waals surface area contributed by atoms with Gasteiger partial charge in [0.2, 0.25) is 5.28 Å². The first-order valence-corrected chi connectivity index (χ1v) is 6.12. The highest BCUT2D eigenvalue weighted by atomic mass is 35.5. The molecule has 0 fully saturated rings. The van der Waals surface area contributed by atoms with E-state index in [1.165, 1.54) is 0 Å². The van der Waals surface area contributed by atoms with Crippen LogP contribution in [0.5, 0.6) is 0 Å². The lowest BCUT2D eigenvalue weighted by Gasteiger charge is -2.26. The van der Waals surface area contributed by atoms with Crippen molar-refractivity contribution in [3.8, 4) is 0 Å². The van der Waals surface area contributed by atoms with Crippen molar-refractivity contribution in [3.05, 3.63) is 35.1 Å². The molecule has 4 nitrogen and oxygen atoms in total. The molecule has 1 atom stereocenters. The van der Waals surface area contributed by atoms with Crippen LogP contribution in [-0.2, 0) is 0 Å². The highest BCUT2D eigenvalue weighted by molar-refractivity contribution is 6.28. The summed E-state index contributed by atoms with van der Waals surface area (Å²) in [6.45, 7) is 4.15. The van der Waals surface area contributed by atoms with Crippen LogP contribution in [0, 0.1) is 5.92 Å². The molecule has 2 aliphatic rings. The fourth-order valence-corrected chi connectivity index (χ4v) is 2.38. The Hall–Kier alpha value is -1.42. The van der Waals surface area contributed by atoms with Crippen molar-refractivity contribution in [1.29, 1.82) is 0 Å². The number of allylic oxidation sites excluding steroid dienone is 1. The van der Waals surface area contributed by atoms with E-state index in [0.717, 1.165) is 36.7 Å². The van der Waals surface area contributed by atoms with Crippen molar-refractivity contribution >= 4 is 17.3 Å². The molecule has 0 aromatic carbocycles. The third-order valence-electron chi connectivity index (χ3n) is 3.07. The molecule has 0 saturated carbocycles. The van der Waals surface area contributed by atoms with E-state index >= 15 is 0 Å². The number of aliphatic imine (C=N–C) groups is 1. The zero-order chi connectivity index (χ0) is 11.8. The van der Waals surface area contributed by atoms with Crippen LogP contribution in [-0.4, -0.2) is 33.7 Å². The number of hydrogen-bond acceptors (Lipinski definition) is 4. The van der Waals surface area contributed by atoms with Crippen molar-refractivity contribution in [2.24, 2.45) is 10.9 Å². The number of halogens is 1. The lowest BCUT2D eigenvalue weighted by atomic mass is 10.0. The van der Waals surface area contributed by atoms with Gasteiger partial charge in [0.05, 0.1) is 18.0 Å². The maximum absolute atomic E-state index is 5.79. The van der Waals surface area contributed by atoms with E-state index in [-0.39, 0.29) is 5.28 Å². The molecule has 17 heavy (non-hydrogen) atoms. The summed E-state index contributed by atoms with van der Waals surface area (Å²) in [5.74, 6) is 1.77. The number of nitrogens with zero attached hydrogens (tertiary/aromatic N) is 4. The number of fused-ring (bicyclic) bond motifs is 1. The van der Waals surface area contributed by atoms with Crippen LogP contribution in [0.4, 0.5) is 0 Å². The van der Waals surface area contributed by atoms with E-state index in [1.807, 2.05) is 6.07 Å². The summed E-state index contributed by atoms with van der Waals surface area (Å²) in [6, 6.07) is 1.85. The fraction of sp³-hybridized carbons (Fsp3) is 0.417. The molecule has 0 N–H and O–H groups in total. The quantitative estimate of drug-likeness (QED) is 0.715. The summed E-state index contributed by atoms with van der Waals surface area (Å²) in [7, 11) is 0. The van der Waals surface area contributed by atoms with Gasteiger partial charge in [0.25, 0.3) is 0 Å². The van der Waals surface area contributed by atoms with Gasteiger partial charge in [0, 0.05) is 12.7 Å². The van der Waals surface area contributed by atoms with E-state index in [1.54, 1.807) is 6.20 Å². The standard InChI is InChI=1S/C12H13ClN4/c1-8-2-3-11-15-10(7-17(11)6-8)9-4-5-14-12(13)16-9/h3-5,8H,2,6-7H2,1H3/t8-/m0/s1. The summed E-state index contributed by atoms with van der Waals surface area (Å²) in [4.78, 5) is 15.0. The summed E-state index contributed by atoms with van der Waals surface area (Å²) in [5.41, 5.74) is 1.81. The number of rotatable bonds is 1. The van der Waals surface area contributed by atoms with Gasteiger partial charge in [-0.25, -0.2) is 15.0 Å². The molecule has 88 valence electrons. The maximum Gasteiger partial charge on any atom is 0.222 e. The van der Waals surface area contributed by atoms with Gasteiger partial charge < -0.3 is 4.90 Å². The molecule has 3 rings (SSSR count). The van der Waals surface area contributed by atoms with Gasteiger partial charge in [-0.15, -0.1) is 0 Å². The van der Waals surface area contributed by atoms with E-state index in [0.29, 0.717) is 5.92 Å². The Bertz CT molecular complexity index is 509. The minimum atomic E-state index is 0.275. The van der Waals surface area contributed by atoms with E-state index < -0.39 is 0 Å². The van der Waals surface area contributed by atoms with Crippen LogP contribution < -0.4 is 0 Å². The van der Waals surface area contributed by atoms with Gasteiger partial charge in [-0.3, -0.25) is 0 Å². The van der Waals surface area contributed by atoms with Crippen LogP contribution >= 0.6 is 11.6 Å². The van der Waals surface area contributed by atoms with Crippen LogP contribution in [0.15, 0.2) is 29.2 Å². The number of aromatic nitrogens is 2. The van der Waals surface area contributed by atoms with Gasteiger partial charge in [-0.05, 0) is 36.1 Å². The van der Waals surface area contributed by atoms with Crippen molar-refractivity contribution in [2.45, 2.75) is 13.3 Å². The molecule has 0 radical (unpaired) electrons. The first-order chi connectivity index (χ1) is 8.22. The molecule has 2 aliphatic heterocycles. The van der Waals surface area contributed by atoms with Gasteiger partial charge >= 0.3 is 0 Å². The first kappa shape index (κ1) is 10.7. The third-order valence-corrected chi connectivity index (χ3v) is 3.25. The monoisotopic (exact) mass is 248 g/mol. The van der Waals surface area contributed by atoms with Crippen molar-refractivity contribution in [2.75, 3.05) is 13.1 Å². The molecule has 3 heterocycles. The zero-order valence-electron chi connectivity index (χ0n) is 9.60. The Balaban J connectivity index is 1.89. The minimum absolute atomic E-state index is 0.275. The van der Waals surface area contributed by atoms with E-state index in [2.05, 4.69) is 32.9 Å². The Kier molecular flexibility index (Phi) is 2.59. The van der Waals surface area contributed by atoms with Crippen LogP contribution in [0.2, 0.25) is 5.28 Å². The molecule has 0 saturated heterocycles. The predicted molar refractivity (Wildman–Crippen MR) is 67.0 cm³/mol. The molecule has 0 aliphatic carbocycles. The lowest BCUT2D eigenvalue weighted by molar-refractivity contribution is 0.315. The molecule has 0 spiro atoms.